The van der Waals surface area contributed by atoms with Crippen LogP contribution in [-0.2, 0) is 11.2 Å². The number of hydrogen-bond donors (Lipinski definition) is 0. The van der Waals surface area contributed by atoms with Crippen molar-refractivity contribution in [1.82, 2.24) is 9.78 Å². The van der Waals surface area contributed by atoms with Gasteiger partial charge in [-0.3, -0.25) is 4.68 Å². The van der Waals surface area contributed by atoms with Crippen LogP contribution >= 0.6 is 11.6 Å². The third-order valence-corrected chi connectivity index (χ3v) is 4.52. The van der Waals surface area contributed by atoms with Crippen molar-refractivity contribution < 1.29 is 4.74 Å². The van der Waals surface area contributed by atoms with Crippen LogP contribution in [0.1, 0.15) is 44.8 Å². The standard InChI is InChI=1S/C14H23ClN2O/c1-3-12(2)17-7-5-13(16-17)9-14(10-15)6-4-8-18-11-14/h5,7,12H,3-4,6,8-11H2,1-2H3. The van der Waals surface area contributed by atoms with E-state index >= 15 is 0 Å². The first kappa shape index (κ1) is 13.9. The van der Waals surface area contributed by atoms with Gasteiger partial charge in [0.15, 0.2) is 0 Å². The van der Waals surface area contributed by atoms with E-state index in [0.717, 1.165) is 44.6 Å². The van der Waals surface area contributed by atoms with Crippen molar-refractivity contribution in [2.75, 3.05) is 19.1 Å². The molecule has 0 amide bonds. The molecule has 102 valence electrons. The van der Waals surface area contributed by atoms with E-state index in [2.05, 4.69) is 35.9 Å². The molecular weight excluding hydrogens is 248 g/mol. The summed E-state index contributed by atoms with van der Waals surface area (Å²) in [6.45, 7) is 6.02. The van der Waals surface area contributed by atoms with Gasteiger partial charge in [-0.1, -0.05) is 6.92 Å². The number of alkyl halides is 1. The van der Waals surface area contributed by atoms with Crippen LogP contribution in [0.2, 0.25) is 0 Å². The summed E-state index contributed by atoms with van der Waals surface area (Å²) in [5.74, 6) is 0.656. The first-order valence-electron chi connectivity index (χ1n) is 6.87. The number of nitrogens with zero attached hydrogens (tertiary/aromatic N) is 2. The molecule has 1 aromatic rings. The van der Waals surface area contributed by atoms with E-state index in [9.17, 15) is 0 Å². The summed E-state index contributed by atoms with van der Waals surface area (Å²) < 4.78 is 7.66. The Morgan fingerprint density at radius 3 is 3.06 bits per heavy atom. The van der Waals surface area contributed by atoms with Gasteiger partial charge in [-0.15, -0.1) is 11.6 Å². The fourth-order valence-corrected chi connectivity index (χ4v) is 2.80. The Morgan fingerprint density at radius 2 is 2.44 bits per heavy atom. The maximum Gasteiger partial charge on any atom is 0.0631 e. The molecule has 0 spiro atoms. The Kier molecular flexibility index (Phi) is 4.68. The van der Waals surface area contributed by atoms with Crippen molar-refractivity contribution >= 4 is 11.6 Å². The van der Waals surface area contributed by atoms with E-state index in [1.54, 1.807) is 0 Å². The Labute approximate surface area is 114 Å². The van der Waals surface area contributed by atoms with Gasteiger partial charge < -0.3 is 4.74 Å². The molecule has 2 rings (SSSR count). The molecular formula is C14H23ClN2O. The maximum atomic E-state index is 6.17. The second-order valence-corrected chi connectivity index (χ2v) is 5.78. The summed E-state index contributed by atoms with van der Waals surface area (Å²) >= 11 is 6.17. The highest BCUT2D eigenvalue weighted by Gasteiger charge is 2.33. The lowest BCUT2D eigenvalue weighted by Crippen LogP contribution is -2.35. The summed E-state index contributed by atoms with van der Waals surface area (Å²) in [4.78, 5) is 0. The zero-order valence-electron chi connectivity index (χ0n) is 11.4. The van der Waals surface area contributed by atoms with Gasteiger partial charge in [0, 0.05) is 36.6 Å². The maximum absolute atomic E-state index is 6.17. The van der Waals surface area contributed by atoms with Crippen LogP contribution in [0.3, 0.4) is 0 Å². The number of aromatic nitrogens is 2. The number of ether oxygens (including phenoxy) is 1. The monoisotopic (exact) mass is 270 g/mol. The molecule has 1 aliphatic heterocycles. The van der Waals surface area contributed by atoms with E-state index in [-0.39, 0.29) is 5.41 Å². The van der Waals surface area contributed by atoms with E-state index in [1.165, 1.54) is 0 Å². The highest BCUT2D eigenvalue weighted by Crippen LogP contribution is 2.33. The van der Waals surface area contributed by atoms with E-state index in [1.807, 2.05) is 0 Å². The van der Waals surface area contributed by atoms with Crippen LogP contribution in [0.5, 0.6) is 0 Å². The molecule has 2 heterocycles. The molecule has 0 N–H and O–H groups in total. The van der Waals surface area contributed by atoms with Crippen molar-refractivity contribution in [1.29, 1.82) is 0 Å². The number of rotatable bonds is 5. The fourth-order valence-electron chi connectivity index (χ4n) is 2.49. The van der Waals surface area contributed by atoms with Crippen LogP contribution < -0.4 is 0 Å². The quantitative estimate of drug-likeness (QED) is 0.767. The average Bonchev–Trinajstić information content (AvgIpc) is 2.87. The normalized spacial score (nSPS) is 26.2. The Balaban J connectivity index is 2.05. The SMILES string of the molecule is CCC(C)n1ccc(CC2(CCl)CCCOC2)n1. The lowest BCUT2D eigenvalue weighted by atomic mass is 9.80. The van der Waals surface area contributed by atoms with E-state index < -0.39 is 0 Å². The second kappa shape index (κ2) is 6.07. The highest BCUT2D eigenvalue weighted by molar-refractivity contribution is 6.18. The van der Waals surface area contributed by atoms with Crippen LogP contribution in [0.15, 0.2) is 12.3 Å². The minimum Gasteiger partial charge on any atom is -0.381 e. The van der Waals surface area contributed by atoms with Gasteiger partial charge in [0.2, 0.25) is 0 Å². The van der Waals surface area contributed by atoms with Gasteiger partial charge in [-0.05, 0) is 32.3 Å². The highest BCUT2D eigenvalue weighted by atomic mass is 35.5. The third-order valence-electron chi connectivity index (χ3n) is 3.95. The summed E-state index contributed by atoms with van der Waals surface area (Å²) in [5, 5.41) is 4.67. The fraction of sp³-hybridized carbons (Fsp3) is 0.786. The zero-order valence-corrected chi connectivity index (χ0v) is 12.1. The number of halogens is 1. The summed E-state index contributed by atoms with van der Waals surface area (Å²) in [7, 11) is 0. The molecule has 0 saturated carbocycles. The van der Waals surface area contributed by atoms with Crippen LogP contribution in [0.25, 0.3) is 0 Å². The van der Waals surface area contributed by atoms with Gasteiger partial charge in [-0.25, -0.2) is 0 Å². The first-order chi connectivity index (χ1) is 8.69. The minimum absolute atomic E-state index is 0.0917. The molecule has 18 heavy (non-hydrogen) atoms. The Morgan fingerprint density at radius 1 is 1.61 bits per heavy atom. The molecule has 1 aliphatic rings. The van der Waals surface area contributed by atoms with Crippen molar-refractivity contribution in [3.8, 4) is 0 Å². The molecule has 3 nitrogen and oxygen atoms in total. The van der Waals surface area contributed by atoms with Crippen molar-refractivity contribution in [3.05, 3.63) is 18.0 Å². The smallest absolute Gasteiger partial charge is 0.0631 e. The lowest BCUT2D eigenvalue weighted by molar-refractivity contribution is 0.00422. The first-order valence-corrected chi connectivity index (χ1v) is 7.40. The molecule has 2 atom stereocenters. The van der Waals surface area contributed by atoms with Gasteiger partial charge in [0.1, 0.15) is 0 Å². The predicted molar refractivity (Wildman–Crippen MR) is 74.1 cm³/mol. The molecule has 4 heteroatoms. The van der Waals surface area contributed by atoms with Crippen molar-refractivity contribution in [3.63, 3.8) is 0 Å². The van der Waals surface area contributed by atoms with Crippen LogP contribution in [0.4, 0.5) is 0 Å². The van der Waals surface area contributed by atoms with Gasteiger partial charge in [0.25, 0.3) is 0 Å². The molecule has 1 aromatic heterocycles. The molecule has 0 aromatic carbocycles. The van der Waals surface area contributed by atoms with Crippen molar-refractivity contribution in [2.45, 2.75) is 45.6 Å². The summed E-state index contributed by atoms with van der Waals surface area (Å²) in [5.41, 5.74) is 1.23. The topological polar surface area (TPSA) is 27.1 Å². The number of hydrogen-bond acceptors (Lipinski definition) is 2. The predicted octanol–water partition coefficient (Wildman–Crippen LogP) is 3.43. The molecule has 2 unspecified atom stereocenters. The Hall–Kier alpha value is -0.540. The summed E-state index contributed by atoms with van der Waals surface area (Å²) in [6.07, 6.45) is 6.37. The van der Waals surface area contributed by atoms with Gasteiger partial charge in [-0.2, -0.15) is 5.10 Å². The molecule has 0 aliphatic carbocycles. The Bertz CT molecular complexity index is 372. The summed E-state index contributed by atoms with van der Waals surface area (Å²) in [6, 6.07) is 2.59. The van der Waals surface area contributed by atoms with Crippen LogP contribution in [0, 0.1) is 5.41 Å². The molecule has 0 bridgehead atoms. The van der Waals surface area contributed by atoms with Gasteiger partial charge >= 0.3 is 0 Å². The largest absolute Gasteiger partial charge is 0.381 e. The van der Waals surface area contributed by atoms with E-state index in [0.29, 0.717) is 11.9 Å². The minimum atomic E-state index is 0.0917. The van der Waals surface area contributed by atoms with Crippen molar-refractivity contribution in [2.24, 2.45) is 5.41 Å². The zero-order chi connectivity index (χ0) is 13.0. The molecule has 1 fully saturated rings. The van der Waals surface area contributed by atoms with E-state index in [4.69, 9.17) is 16.3 Å². The van der Waals surface area contributed by atoms with Gasteiger partial charge in [0.05, 0.1) is 12.3 Å². The molecule has 1 saturated heterocycles. The lowest BCUT2D eigenvalue weighted by Gasteiger charge is -2.34. The molecule has 0 radical (unpaired) electrons. The van der Waals surface area contributed by atoms with Crippen LogP contribution in [-0.4, -0.2) is 28.9 Å². The average molecular weight is 271 g/mol. The third kappa shape index (κ3) is 3.07. The second-order valence-electron chi connectivity index (χ2n) is 5.51.